The van der Waals surface area contributed by atoms with Crippen molar-refractivity contribution < 1.29 is 5.11 Å². The highest BCUT2D eigenvalue weighted by Gasteiger charge is 2.15. The molecule has 0 heterocycles. The summed E-state index contributed by atoms with van der Waals surface area (Å²) >= 11 is 0. The van der Waals surface area contributed by atoms with Crippen molar-refractivity contribution in [1.29, 1.82) is 0 Å². The van der Waals surface area contributed by atoms with Gasteiger partial charge in [-0.15, -0.1) is 6.58 Å². The van der Waals surface area contributed by atoms with Gasteiger partial charge >= 0.3 is 0 Å². The Balaban J connectivity index is 4.08. The summed E-state index contributed by atoms with van der Waals surface area (Å²) in [5, 5.41) is 13.1. The molecule has 4 nitrogen and oxygen atoms in total. The summed E-state index contributed by atoms with van der Waals surface area (Å²) in [5.74, 6) is 0.260. The minimum Gasteiger partial charge on any atom is -0.393 e. The SMILES string of the molecule is C=CC[C@@H](O)C[C@@H](N=[N+]=[N-])C(C)C. The van der Waals surface area contributed by atoms with Crippen molar-refractivity contribution in [3.8, 4) is 0 Å². The van der Waals surface area contributed by atoms with Gasteiger partial charge < -0.3 is 5.11 Å². The summed E-state index contributed by atoms with van der Waals surface area (Å²) in [5.41, 5.74) is 8.28. The Bertz CT molecular complexity index is 197. The topological polar surface area (TPSA) is 69.0 Å². The molecule has 0 aliphatic heterocycles. The van der Waals surface area contributed by atoms with Crippen molar-refractivity contribution >= 4 is 0 Å². The summed E-state index contributed by atoms with van der Waals surface area (Å²) < 4.78 is 0. The lowest BCUT2D eigenvalue weighted by atomic mass is 9.98. The maximum absolute atomic E-state index is 9.44. The van der Waals surface area contributed by atoms with E-state index in [1.165, 1.54) is 0 Å². The van der Waals surface area contributed by atoms with E-state index in [1.54, 1.807) is 6.08 Å². The van der Waals surface area contributed by atoms with Crippen LogP contribution < -0.4 is 0 Å². The number of aliphatic hydroxyl groups excluding tert-OH is 1. The Morgan fingerprint density at radius 2 is 2.23 bits per heavy atom. The fraction of sp³-hybridized carbons (Fsp3) is 0.778. The molecule has 0 aromatic carbocycles. The van der Waals surface area contributed by atoms with E-state index in [1.807, 2.05) is 13.8 Å². The summed E-state index contributed by atoms with van der Waals surface area (Å²) in [6.07, 6.45) is 2.27. The van der Waals surface area contributed by atoms with Crippen LogP contribution in [0.25, 0.3) is 10.4 Å². The first-order chi connectivity index (χ1) is 6.11. The van der Waals surface area contributed by atoms with Crippen molar-refractivity contribution in [3.05, 3.63) is 23.1 Å². The normalized spacial score (nSPS) is 14.8. The summed E-state index contributed by atoms with van der Waals surface area (Å²) in [6.45, 7) is 7.48. The van der Waals surface area contributed by atoms with E-state index >= 15 is 0 Å². The van der Waals surface area contributed by atoms with Gasteiger partial charge in [-0.1, -0.05) is 25.0 Å². The third kappa shape index (κ3) is 5.28. The number of hydrogen-bond acceptors (Lipinski definition) is 2. The second kappa shape index (κ2) is 6.52. The number of azide groups is 1. The van der Waals surface area contributed by atoms with Crippen LogP contribution in [-0.4, -0.2) is 17.3 Å². The minimum atomic E-state index is -0.449. The van der Waals surface area contributed by atoms with Gasteiger partial charge in [-0.05, 0) is 24.3 Å². The van der Waals surface area contributed by atoms with Crippen LogP contribution in [0.15, 0.2) is 17.8 Å². The fourth-order valence-electron chi connectivity index (χ4n) is 1.09. The van der Waals surface area contributed by atoms with Gasteiger partial charge in [0.15, 0.2) is 0 Å². The first-order valence-corrected chi connectivity index (χ1v) is 4.45. The van der Waals surface area contributed by atoms with Crippen LogP contribution in [0.5, 0.6) is 0 Å². The molecule has 0 aromatic rings. The van der Waals surface area contributed by atoms with Gasteiger partial charge in [0.05, 0.1) is 6.10 Å². The quantitative estimate of drug-likeness (QED) is 0.292. The molecule has 0 aliphatic rings. The molecular weight excluding hydrogens is 166 g/mol. The standard InChI is InChI=1S/C9H17N3O/c1-4-5-8(13)6-9(7(2)3)11-12-10/h4,7-9,13H,1,5-6H2,2-3H3/t8-,9-/m1/s1. The average molecular weight is 183 g/mol. The van der Waals surface area contributed by atoms with Crippen LogP contribution in [0.4, 0.5) is 0 Å². The Kier molecular flexibility index (Phi) is 6.02. The molecule has 0 aromatic heterocycles. The minimum absolute atomic E-state index is 0.125. The molecule has 1 N–H and O–H groups in total. The van der Waals surface area contributed by atoms with Crippen LogP contribution in [0.3, 0.4) is 0 Å². The Morgan fingerprint density at radius 3 is 2.62 bits per heavy atom. The van der Waals surface area contributed by atoms with Gasteiger partial charge in [-0.2, -0.15) is 0 Å². The zero-order valence-electron chi connectivity index (χ0n) is 8.22. The van der Waals surface area contributed by atoms with Gasteiger partial charge in [0, 0.05) is 11.0 Å². The number of aliphatic hydroxyl groups is 1. The van der Waals surface area contributed by atoms with Crippen LogP contribution in [0.1, 0.15) is 26.7 Å². The number of rotatable bonds is 6. The fourth-order valence-corrected chi connectivity index (χ4v) is 1.09. The van der Waals surface area contributed by atoms with Crippen molar-refractivity contribution in [2.45, 2.75) is 38.8 Å². The monoisotopic (exact) mass is 183 g/mol. The van der Waals surface area contributed by atoms with E-state index in [4.69, 9.17) is 5.53 Å². The predicted molar refractivity (Wildman–Crippen MR) is 53.2 cm³/mol. The Morgan fingerprint density at radius 1 is 1.62 bits per heavy atom. The molecule has 0 unspecified atom stereocenters. The lowest BCUT2D eigenvalue weighted by Gasteiger charge is -2.17. The van der Waals surface area contributed by atoms with Crippen LogP contribution >= 0.6 is 0 Å². The van der Waals surface area contributed by atoms with Gasteiger partial charge in [-0.25, -0.2) is 0 Å². The highest BCUT2D eigenvalue weighted by atomic mass is 16.3. The van der Waals surface area contributed by atoms with Crippen molar-refractivity contribution in [3.63, 3.8) is 0 Å². The first-order valence-electron chi connectivity index (χ1n) is 4.45. The smallest absolute Gasteiger partial charge is 0.0578 e. The van der Waals surface area contributed by atoms with Crippen LogP contribution in [-0.2, 0) is 0 Å². The molecule has 0 amide bonds. The average Bonchev–Trinajstić information content (AvgIpc) is 2.04. The van der Waals surface area contributed by atoms with Crippen molar-refractivity contribution in [2.75, 3.05) is 0 Å². The lowest BCUT2D eigenvalue weighted by Crippen LogP contribution is -2.20. The van der Waals surface area contributed by atoms with Gasteiger partial charge in [0.1, 0.15) is 0 Å². The third-order valence-corrected chi connectivity index (χ3v) is 1.92. The molecule has 0 fully saturated rings. The van der Waals surface area contributed by atoms with E-state index < -0.39 is 6.10 Å². The van der Waals surface area contributed by atoms with Crippen LogP contribution in [0.2, 0.25) is 0 Å². The van der Waals surface area contributed by atoms with Crippen molar-refractivity contribution in [1.82, 2.24) is 0 Å². The molecule has 2 atom stereocenters. The maximum atomic E-state index is 9.44. The molecule has 0 aliphatic carbocycles. The molecular formula is C9H17N3O. The number of hydrogen-bond donors (Lipinski definition) is 1. The van der Waals surface area contributed by atoms with E-state index in [2.05, 4.69) is 16.6 Å². The summed E-state index contributed by atoms with van der Waals surface area (Å²) in [6, 6.07) is -0.125. The zero-order valence-corrected chi connectivity index (χ0v) is 8.22. The summed E-state index contributed by atoms with van der Waals surface area (Å²) in [4.78, 5) is 2.76. The van der Waals surface area contributed by atoms with Gasteiger partial charge in [0.2, 0.25) is 0 Å². The number of nitrogens with zero attached hydrogens (tertiary/aromatic N) is 3. The van der Waals surface area contributed by atoms with Crippen molar-refractivity contribution in [2.24, 2.45) is 11.0 Å². The highest BCUT2D eigenvalue weighted by Crippen LogP contribution is 2.14. The third-order valence-electron chi connectivity index (χ3n) is 1.92. The Hall–Kier alpha value is -0.990. The van der Waals surface area contributed by atoms with E-state index in [0.717, 1.165) is 0 Å². The molecule has 13 heavy (non-hydrogen) atoms. The zero-order chi connectivity index (χ0) is 10.3. The maximum Gasteiger partial charge on any atom is 0.0578 e. The molecule has 0 rings (SSSR count). The van der Waals surface area contributed by atoms with E-state index in [9.17, 15) is 5.11 Å². The summed E-state index contributed by atoms with van der Waals surface area (Å²) in [7, 11) is 0. The van der Waals surface area contributed by atoms with E-state index in [-0.39, 0.29) is 12.0 Å². The molecule has 0 spiro atoms. The molecule has 4 heteroatoms. The lowest BCUT2D eigenvalue weighted by molar-refractivity contribution is 0.151. The predicted octanol–water partition coefficient (Wildman–Crippen LogP) is 2.65. The highest BCUT2D eigenvalue weighted by molar-refractivity contribution is 4.79. The van der Waals surface area contributed by atoms with Gasteiger partial charge in [-0.3, -0.25) is 0 Å². The largest absolute Gasteiger partial charge is 0.393 e. The molecule has 0 radical (unpaired) electrons. The second-order valence-electron chi connectivity index (χ2n) is 3.43. The molecule has 74 valence electrons. The Labute approximate surface area is 78.9 Å². The van der Waals surface area contributed by atoms with E-state index in [0.29, 0.717) is 12.8 Å². The molecule has 0 bridgehead atoms. The van der Waals surface area contributed by atoms with Crippen LogP contribution in [0, 0.1) is 5.92 Å². The first kappa shape index (κ1) is 12.0. The molecule has 0 saturated heterocycles. The van der Waals surface area contributed by atoms with Gasteiger partial charge in [0.25, 0.3) is 0 Å². The molecule has 0 saturated carbocycles. The second-order valence-corrected chi connectivity index (χ2v) is 3.43.